The Kier molecular flexibility index (Phi) is 7.73. The summed E-state index contributed by atoms with van der Waals surface area (Å²) in [6.07, 6.45) is 4.21. The first-order valence-corrected chi connectivity index (χ1v) is 11.9. The third-order valence-electron chi connectivity index (χ3n) is 5.55. The van der Waals surface area contributed by atoms with Gasteiger partial charge in [0.1, 0.15) is 4.90 Å². The standard InChI is InChI=1S/C20H27ClN2O6S/c1-14-4-2-3-5-17(14)22-19(24)13-29-20(25)15-6-7-16(21)18(12-15)30(26,27)23-8-10-28-11-9-23/h6-7,12,14,17H,2-5,8-11,13H2,1H3,(H,22,24). The smallest absolute Gasteiger partial charge is 0.338 e. The Morgan fingerprint density at radius 3 is 2.63 bits per heavy atom. The molecule has 2 fully saturated rings. The molecule has 30 heavy (non-hydrogen) atoms. The van der Waals surface area contributed by atoms with Crippen molar-refractivity contribution in [2.75, 3.05) is 32.9 Å². The molecule has 1 N–H and O–H groups in total. The van der Waals surface area contributed by atoms with Gasteiger partial charge in [0.05, 0.1) is 23.8 Å². The number of morpholine rings is 1. The number of carbonyl (C=O) groups is 2. The maximum absolute atomic E-state index is 12.9. The van der Waals surface area contributed by atoms with E-state index in [1.54, 1.807) is 0 Å². The van der Waals surface area contributed by atoms with Crippen LogP contribution >= 0.6 is 11.6 Å². The van der Waals surface area contributed by atoms with Crippen molar-refractivity contribution in [3.05, 3.63) is 28.8 Å². The van der Waals surface area contributed by atoms with Gasteiger partial charge in [-0.05, 0) is 37.0 Å². The van der Waals surface area contributed by atoms with Gasteiger partial charge in [0.25, 0.3) is 5.91 Å². The van der Waals surface area contributed by atoms with Gasteiger partial charge in [0.15, 0.2) is 6.61 Å². The summed E-state index contributed by atoms with van der Waals surface area (Å²) in [6.45, 7) is 2.71. The number of nitrogens with zero attached hydrogens (tertiary/aromatic N) is 1. The maximum atomic E-state index is 12.9. The second kappa shape index (κ2) is 10.1. The van der Waals surface area contributed by atoms with E-state index in [1.807, 2.05) is 0 Å². The van der Waals surface area contributed by atoms with Crippen molar-refractivity contribution in [3.63, 3.8) is 0 Å². The van der Waals surface area contributed by atoms with Crippen LogP contribution in [-0.2, 0) is 24.3 Å². The van der Waals surface area contributed by atoms with Gasteiger partial charge in [-0.25, -0.2) is 13.2 Å². The number of hydrogen-bond acceptors (Lipinski definition) is 6. The van der Waals surface area contributed by atoms with Crippen LogP contribution in [0.5, 0.6) is 0 Å². The summed E-state index contributed by atoms with van der Waals surface area (Å²) in [5.74, 6) is -0.753. The van der Waals surface area contributed by atoms with Crippen LogP contribution in [0, 0.1) is 5.92 Å². The lowest BCUT2D eigenvalue weighted by Crippen LogP contribution is -2.42. The van der Waals surface area contributed by atoms with Gasteiger partial charge >= 0.3 is 5.97 Å². The lowest BCUT2D eigenvalue weighted by atomic mass is 9.86. The van der Waals surface area contributed by atoms with Crippen LogP contribution in [0.1, 0.15) is 43.0 Å². The third kappa shape index (κ3) is 5.51. The van der Waals surface area contributed by atoms with Gasteiger partial charge in [-0.2, -0.15) is 4.31 Å². The molecule has 0 spiro atoms. The van der Waals surface area contributed by atoms with Crippen LogP contribution in [-0.4, -0.2) is 63.6 Å². The first kappa shape index (κ1) is 23.0. The maximum Gasteiger partial charge on any atom is 0.338 e. The molecule has 1 saturated heterocycles. The topological polar surface area (TPSA) is 102 Å². The van der Waals surface area contributed by atoms with Crippen molar-refractivity contribution in [2.24, 2.45) is 5.92 Å². The van der Waals surface area contributed by atoms with Crippen molar-refractivity contribution in [3.8, 4) is 0 Å². The summed E-state index contributed by atoms with van der Waals surface area (Å²) in [7, 11) is -3.87. The number of amides is 1. The molecule has 0 bridgehead atoms. The summed E-state index contributed by atoms with van der Waals surface area (Å²) in [5.41, 5.74) is 0.0186. The predicted molar refractivity (Wildman–Crippen MR) is 111 cm³/mol. The number of rotatable bonds is 6. The molecular formula is C20H27ClN2O6S. The van der Waals surface area contributed by atoms with Crippen molar-refractivity contribution in [1.82, 2.24) is 9.62 Å². The molecular weight excluding hydrogens is 432 g/mol. The second-order valence-corrected chi connectivity index (χ2v) is 9.99. The highest BCUT2D eigenvalue weighted by molar-refractivity contribution is 7.89. The van der Waals surface area contributed by atoms with Crippen molar-refractivity contribution < 1.29 is 27.5 Å². The van der Waals surface area contributed by atoms with Gasteiger partial charge in [0, 0.05) is 19.1 Å². The molecule has 1 heterocycles. The Bertz CT molecular complexity index is 885. The fourth-order valence-electron chi connectivity index (χ4n) is 3.75. The van der Waals surface area contributed by atoms with Crippen LogP contribution in [0.25, 0.3) is 0 Å². The highest BCUT2D eigenvalue weighted by Gasteiger charge is 2.29. The van der Waals surface area contributed by atoms with Crippen LogP contribution in [0.3, 0.4) is 0 Å². The number of sulfonamides is 1. The SMILES string of the molecule is CC1CCCCC1NC(=O)COC(=O)c1ccc(Cl)c(S(=O)(=O)N2CCOCC2)c1. The van der Waals surface area contributed by atoms with E-state index in [2.05, 4.69) is 12.2 Å². The molecule has 1 saturated carbocycles. The molecule has 166 valence electrons. The van der Waals surface area contributed by atoms with E-state index < -0.39 is 22.6 Å². The zero-order valence-corrected chi connectivity index (χ0v) is 18.5. The van der Waals surface area contributed by atoms with Crippen LogP contribution in [0.2, 0.25) is 5.02 Å². The molecule has 1 amide bonds. The number of halogens is 1. The van der Waals surface area contributed by atoms with Gasteiger partial charge < -0.3 is 14.8 Å². The Balaban J connectivity index is 1.63. The number of esters is 1. The van der Waals surface area contributed by atoms with Gasteiger partial charge in [0.2, 0.25) is 10.0 Å². The number of ether oxygens (including phenoxy) is 2. The number of benzene rings is 1. The summed E-state index contributed by atoms with van der Waals surface area (Å²) in [5, 5.41) is 2.93. The minimum absolute atomic E-state index is 0.0158. The quantitative estimate of drug-likeness (QED) is 0.656. The van der Waals surface area contributed by atoms with E-state index in [-0.39, 0.29) is 40.5 Å². The van der Waals surface area contributed by atoms with E-state index in [4.69, 9.17) is 21.1 Å². The minimum atomic E-state index is -3.87. The largest absolute Gasteiger partial charge is 0.452 e. The average Bonchev–Trinajstić information content (AvgIpc) is 2.74. The van der Waals surface area contributed by atoms with E-state index >= 15 is 0 Å². The molecule has 1 aliphatic heterocycles. The highest BCUT2D eigenvalue weighted by Crippen LogP contribution is 2.27. The first-order valence-electron chi connectivity index (χ1n) is 10.1. The van der Waals surface area contributed by atoms with Crippen molar-refractivity contribution >= 4 is 33.5 Å². The van der Waals surface area contributed by atoms with E-state index in [0.29, 0.717) is 19.1 Å². The zero-order chi connectivity index (χ0) is 21.7. The van der Waals surface area contributed by atoms with E-state index in [9.17, 15) is 18.0 Å². The fourth-order valence-corrected chi connectivity index (χ4v) is 5.66. The van der Waals surface area contributed by atoms with Crippen molar-refractivity contribution in [2.45, 2.75) is 43.5 Å². The average molecular weight is 459 g/mol. The lowest BCUT2D eigenvalue weighted by Gasteiger charge is -2.29. The summed E-state index contributed by atoms with van der Waals surface area (Å²) in [6, 6.07) is 4.00. The van der Waals surface area contributed by atoms with E-state index in [1.165, 1.54) is 22.5 Å². The molecule has 2 atom stereocenters. The zero-order valence-electron chi connectivity index (χ0n) is 16.9. The second-order valence-electron chi connectivity index (χ2n) is 7.67. The van der Waals surface area contributed by atoms with Crippen LogP contribution < -0.4 is 5.32 Å². The highest BCUT2D eigenvalue weighted by atomic mass is 35.5. The molecule has 3 rings (SSSR count). The summed E-state index contributed by atoms with van der Waals surface area (Å²) < 4.78 is 37.3. The first-order chi connectivity index (χ1) is 14.3. The lowest BCUT2D eigenvalue weighted by molar-refractivity contribution is -0.125. The summed E-state index contributed by atoms with van der Waals surface area (Å²) >= 11 is 6.10. The molecule has 1 aliphatic carbocycles. The molecule has 0 aromatic heterocycles. The Morgan fingerprint density at radius 1 is 1.23 bits per heavy atom. The number of nitrogens with one attached hydrogen (secondary N) is 1. The Labute approximate surface area is 181 Å². The predicted octanol–water partition coefficient (Wildman–Crippen LogP) is 2.21. The molecule has 2 aliphatic rings. The normalized spacial score (nSPS) is 23.0. The third-order valence-corrected chi connectivity index (χ3v) is 7.93. The Hall–Kier alpha value is -1.68. The molecule has 8 nitrogen and oxygen atoms in total. The van der Waals surface area contributed by atoms with Gasteiger partial charge in [-0.3, -0.25) is 4.79 Å². The molecule has 2 unspecified atom stereocenters. The van der Waals surface area contributed by atoms with Gasteiger partial charge in [-0.15, -0.1) is 0 Å². The number of hydrogen-bond donors (Lipinski definition) is 1. The number of carbonyl (C=O) groups excluding carboxylic acids is 2. The minimum Gasteiger partial charge on any atom is -0.452 e. The van der Waals surface area contributed by atoms with Crippen molar-refractivity contribution in [1.29, 1.82) is 0 Å². The van der Waals surface area contributed by atoms with Crippen LogP contribution in [0.4, 0.5) is 0 Å². The molecule has 1 aromatic carbocycles. The van der Waals surface area contributed by atoms with E-state index in [0.717, 1.165) is 25.7 Å². The summed E-state index contributed by atoms with van der Waals surface area (Å²) in [4.78, 5) is 24.4. The fraction of sp³-hybridized carbons (Fsp3) is 0.600. The molecule has 10 heteroatoms. The Morgan fingerprint density at radius 2 is 1.93 bits per heavy atom. The van der Waals surface area contributed by atoms with Crippen LogP contribution in [0.15, 0.2) is 23.1 Å². The monoisotopic (exact) mass is 458 g/mol. The van der Waals surface area contributed by atoms with Gasteiger partial charge in [-0.1, -0.05) is 31.4 Å². The molecule has 0 radical (unpaired) electrons. The molecule has 1 aromatic rings.